The van der Waals surface area contributed by atoms with Gasteiger partial charge in [-0.25, -0.2) is 0 Å². The van der Waals surface area contributed by atoms with Gasteiger partial charge in [0.2, 0.25) is 5.91 Å². The van der Waals surface area contributed by atoms with E-state index in [1.165, 1.54) is 29.7 Å². The Hall–Kier alpha value is -2.03. The van der Waals surface area contributed by atoms with Crippen LogP contribution in [0.4, 0.5) is 0 Å². The first kappa shape index (κ1) is 17.8. The number of hydrogen-bond acceptors (Lipinski definition) is 1. The van der Waals surface area contributed by atoms with Gasteiger partial charge >= 0.3 is 0 Å². The average molecular weight is 338 g/mol. The number of carbonyl (C=O) groups is 1. The van der Waals surface area contributed by atoms with E-state index in [-0.39, 0.29) is 0 Å². The maximum absolute atomic E-state index is 12.7. The first-order chi connectivity index (χ1) is 12.2. The van der Waals surface area contributed by atoms with Gasteiger partial charge in [-0.15, -0.1) is 0 Å². The molecule has 3 rings (SSSR count). The fourth-order valence-electron chi connectivity index (χ4n) is 3.32. The largest absolute Gasteiger partial charge is 0.345 e. The van der Waals surface area contributed by atoms with Crippen LogP contribution in [0, 0.1) is 12.8 Å². The average Bonchev–Trinajstić information content (AvgIpc) is 3.37. The fourth-order valence-corrected chi connectivity index (χ4v) is 3.32. The van der Waals surface area contributed by atoms with Gasteiger partial charge in [0.15, 0.2) is 0 Å². The van der Waals surface area contributed by atoms with Crippen molar-refractivity contribution < 1.29 is 4.79 Å². The van der Waals surface area contributed by atoms with Crippen LogP contribution in [0.5, 0.6) is 0 Å². The molecule has 1 fully saturated rings. The number of unbranched alkanes of at least 4 members (excludes halogenated alkanes) is 2. The highest BCUT2D eigenvalue weighted by atomic mass is 16.2. The van der Waals surface area contributed by atoms with Gasteiger partial charge in [-0.2, -0.15) is 0 Å². The predicted molar refractivity (Wildman–Crippen MR) is 102 cm³/mol. The molecule has 0 aliphatic heterocycles. The number of amides is 1. The first-order valence-electron chi connectivity index (χ1n) is 9.66. The van der Waals surface area contributed by atoms with Crippen molar-refractivity contribution in [3.63, 3.8) is 0 Å². The summed E-state index contributed by atoms with van der Waals surface area (Å²) in [4.78, 5) is 14.8. The predicted octanol–water partition coefficient (Wildman–Crippen LogP) is 4.77. The van der Waals surface area contributed by atoms with E-state index in [1.807, 2.05) is 0 Å². The Morgan fingerprint density at radius 1 is 1.16 bits per heavy atom. The number of aromatic nitrogens is 1. The normalized spacial score (nSPS) is 13.8. The smallest absolute Gasteiger partial charge is 0.226 e. The minimum Gasteiger partial charge on any atom is -0.345 e. The molecule has 0 atom stereocenters. The van der Waals surface area contributed by atoms with Crippen molar-refractivity contribution in [1.82, 2.24) is 9.47 Å². The molecular formula is C22H30N2O. The van der Waals surface area contributed by atoms with Crippen LogP contribution in [-0.4, -0.2) is 21.9 Å². The van der Waals surface area contributed by atoms with Gasteiger partial charge in [-0.05, 0) is 49.4 Å². The Balaban J connectivity index is 1.70. The van der Waals surface area contributed by atoms with Crippen LogP contribution in [0.15, 0.2) is 42.6 Å². The van der Waals surface area contributed by atoms with Gasteiger partial charge in [-0.1, -0.05) is 44.0 Å². The van der Waals surface area contributed by atoms with Crippen molar-refractivity contribution in [1.29, 1.82) is 0 Å². The van der Waals surface area contributed by atoms with Crippen LogP contribution in [0.1, 0.15) is 55.8 Å². The van der Waals surface area contributed by atoms with E-state index in [9.17, 15) is 4.79 Å². The summed E-state index contributed by atoms with van der Waals surface area (Å²) in [6, 6.07) is 12.8. The van der Waals surface area contributed by atoms with E-state index < -0.39 is 0 Å². The summed E-state index contributed by atoms with van der Waals surface area (Å²) < 4.78 is 2.29. The van der Waals surface area contributed by atoms with E-state index in [1.54, 1.807) is 0 Å². The lowest BCUT2D eigenvalue weighted by Crippen LogP contribution is -2.33. The maximum Gasteiger partial charge on any atom is 0.226 e. The molecule has 25 heavy (non-hydrogen) atoms. The van der Waals surface area contributed by atoms with Gasteiger partial charge in [0, 0.05) is 30.9 Å². The number of benzene rings is 1. The van der Waals surface area contributed by atoms with Crippen LogP contribution in [0.2, 0.25) is 0 Å². The molecule has 1 heterocycles. The molecule has 0 spiro atoms. The third-order valence-electron chi connectivity index (χ3n) is 5.15. The summed E-state index contributed by atoms with van der Waals surface area (Å²) in [7, 11) is 0. The second kappa shape index (κ2) is 8.37. The molecular weight excluding hydrogens is 308 g/mol. The molecule has 0 N–H and O–H groups in total. The maximum atomic E-state index is 12.7. The number of rotatable bonds is 9. The standard InChI is InChI=1S/C22H30N2O/c1-3-4-7-14-24(22(25)19-12-13-19)17-21-11-8-15-23(21)16-20-10-6-5-9-18(20)2/h5-6,8-11,15,19H,3-4,7,12-14,16-17H2,1-2H3. The van der Waals surface area contributed by atoms with Gasteiger partial charge in [0.25, 0.3) is 0 Å². The Bertz CT molecular complexity index is 700. The highest BCUT2D eigenvalue weighted by molar-refractivity contribution is 5.81. The monoisotopic (exact) mass is 338 g/mol. The molecule has 1 aliphatic rings. The molecule has 0 unspecified atom stereocenters. The third kappa shape index (κ3) is 4.75. The van der Waals surface area contributed by atoms with E-state index >= 15 is 0 Å². The molecule has 0 bridgehead atoms. The zero-order valence-electron chi connectivity index (χ0n) is 15.6. The Kier molecular flexibility index (Phi) is 5.95. The molecule has 1 saturated carbocycles. The Morgan fingerprint density at radius 2 is 1.96 bits per heavy atom. The van der Waals surface area contributed by atoms with E-state index in [0.717, 1.165) is 38.9 Å². The Labute approximate surface area is 151 Å². The summed E-state index contributed by atoms with van der Waals surface area (Å²) in [5.74, 6) is 0.654. The van der Waals surface area contributed by atoms with E-state index in [4.69, 9.17) is 0 Å². The molecule has 0 saturated heterocycles. The van der Waals surface area contributed by atoms with Crippen molar-refractivity contribution >= 4 is 5.91 Å². The molecule has 1 amide bonds. The molecule has 1 aromatic carbocycles. The van der Waals surface area contributed by atoms with Crippen LogP contribution in [-0.2, 0) is 17.9 Å². The van der Waals surface area contributed by atoms with E-state index in [0.29, 0.717) is 11.8 Å². The molecule has 1 aliphatic carbocycles. The van der Waals surface area contributed by atoms with Crippen molar-refractivity contribution in [2.45, 2.75) is 59.0 Å². The van der Waals surface area contributed by atoms with Gasteiger partial charge < -0.3 is 9.47 Å². The zero-order valence-corrected chi connectivity index (χ0v) is 15.6. The number of carbonyl (C=O) groups excluding carboxylic acids is 1. The van der Waals surface area contributed by atoms with Crippen LogP contribution >= 0.6 is 0 Å². The third-order valence-corrected chi connectivity index (χ3v) is 5.15. The minimum atomic E-state index is 0.293. The molecule has 134 valence electrons. The second-order valence-corrected chi connectivity index (χ2v) is 7.30. The topological polar surface area (TPSA) is 25.2 Å². The highest BCUT2D eigenvalue weighted by Crippen LogP contribution is 2.31. The number of nitrogens with zero attached hydrogens (tertiary/aromatic N) is 2. The number of aryl methyl sites for hydroxylation is 1. The van der Waals surface area contributed by atoms with Crippen molar-refractivity contribution in [2.24, 2.45) is 5.92 Å². The molecule has 3 heteroatoms. The lowest BCUT2D eigenvalue weighted by Gasteiger charge is -2.24. The zero-order chi connectivity index (χ0) is 17.6. The first-order valence-corrected chi connectivity index (χ1v) is 9.66. The SMILES string of the molecule is CCCCCN(Cc1cccn1Cc1ccccc1C)C(=O)C1CC1. The van der Waals surface area contributed by atoms with Crippen LogP contribution in [0.25, 0.3) is 0 Å². The molecule has 3 nitrogen and oxygen atoms in total. The Morgan fingerprint density at radius 3 is 2.68 bits per heavy atom. The molecule has 0 radical (unpaired) electrons. The van der Waals surface area contributed by atoms with E-state index in [2.05, 4.69) is 65.9 Å². The van der Waals surface area contributed by atoms with Gasteiger partial charge in [0.05, 0.1) is 6.54 Å². The minimum absolute atomic E-state index is 0.293. The lowest BCUT2D eigenvalue weighted by molar-refractivity contribution is -0.133. The summed E-state index contributed by atoms with van der Waals surface area (Å²) in [6.07, 6.45) is 7.77. The summed E-state index contributed by atoms with van der Waals surface area (Å²) >= 11 is 0. The molecule has 1 aromatic heterocycles. The van der Waals surface area contributed by atoms with Gasteiger partial charge in [-0.3, -0.25) is 4.79 Å². The number of hydrogen-bond donors (Lipinski definition) is 0. The summed E-state index contributed by atoms with van der Waals surface area (Å²) in [5.41, 5.74) is 3.88. The van der Waals surface area contributed by atoms with Crippen LogP contribution in [0.3, 0.4) is 0 Å². The summed E-state index contributed by atoms with van der Waals surface area (Å²) in [5, 5.41) is 0. The highest BCUT2D eigenvalue weighted by Gasteiger charge is 2.33. The van der Waals surface area contributed by atoms with Crippen LogP contribution < -0.4 is 0 Å². The lowest BCUT2D eigenvalue weighted by atomic mass is 10.1. The van der Waals surface area contributed by atoms with Crippen molar-refractivity contribution in [3.05, 3.63) is 59.4 Å². The van der Waals surface area contributed by atoms with Crippen molar-refractivity contribution in [3.8, 4) is 0 Å². The fraction of sp³-hybridized carbons (Fsp3) is 0.500. The quantitative estimate of drug-likeness (QED) is 0.604. The van der Waals surface area contributed by atoms with Crippen molar-refractivity contribution in [2.75, 3.05) is 6.54 Å². The summed E-state index contributed by atoms with van der Waals surface area (Å²) in [6.45, 7) is 6.86. The molecule has 2 aromatic rings. The second-order valence-electron chi connectivity index (χ2n) is 7.30. The van der Waals surface area contributed by atoms with Gasteiger partial charge in [0.1, 0.15) is 0 Å².